The number of fused-ring (bicyclic) bond motifs is 1. The van der Waals surface area contributed by atoms with Crippen LogP contribution < -0.4 is 10.9 Å². The van der Waals surface area contributed by atoms with E-state index in [1.54, 1.807) is 6.07 Å². The van der Waals surface area contributed by atoms with Gasteiger partial charge in [0.2, 0.25) is 5.91 Å². The van der Waals surface area contributed by atoms with Crippen molar-refractivity contribution < 1.29 is 4.79 Å². The summed E-state index contributed by atoms with van der Waals surface area (Å²) >= 11 is 3.50. The Balaban J connectivity index is 1.56. The molecule has 6 heteroatoms. The van der Waals surface area contributed by atoms with E-state index in [1.165, 1.54) is 0 Å². The second kappa shape index (κ2) is 8.27. The number of aryl methyl sites for hydroxylation is 1. The molecule has 1 unspecified atom stereocenters. The van der Waals surface area contributed by atoms with Gasteiger partial charge in [-0.2, -0.15) is 0 Å². The Bertz CT molecular complexity index is 984. The number of nitrogens with one attached hydrogen (secondary N) is 2. The molecule has 0 saturated heterocycles. The number of carbonyl (C=O) groups excluding carboxylic acids is 1. The predicted octanol–water partition coefficient (Wildman–Crippen LogP) is 3.89. The number of H-pyrrole nitrogens is 1. The highest BCUT2D eigenvalue weighted by atomic mass is 79.9. The molecule has 0 aliphatic rings. The topological polar surface area (TPSA) is 74.8 Å². The molecule has 26 heavy (non-hydrogen) atoms. The Morgan fingerprint density at radius 3 is 2.73 bits per heavy atom. The van der Waals surface area contributed by atoms with E-state index in [1.807, 2.05) is 49.4 Å². The van der Waals surface area contributed by atoms with Gasteiger partial charge in [0.25, 0.3) is 5.56 Å². The molecule has 134 valence electrons. The number of para-hydroxylation sites is 1. The van der Waals surface area contributed by atoms with E-state index in [-0.39, 0.29) is 17.5 Å². The number of aromatic nitrogens is 2. The Hall–Kier alpha value is -2.47. The molecule has 0 aliphatic carbocycles. The number of nitrogens with zero attached hydrogens (tertiary/aromatic N) is 1. The van der Waals surface area contributed by atoms with Crippen LogP contribution in [-0.2, 0) is 11.2 Å². The van der Waals surface area contributed by atoms with Crippen LogP contribution in [0.5, 0.6) is 0 Å². The van der Waals surface area contributed by atoms with Gasteiger partial charge in [0.05, 0.1) is 16.9 Å². The average Bonchev–Trinajstić information content (AvgIpc) is 2.62. The third kappa shape index (κ3) is 4.38. The lowest BCUT2D eigenvalue weighted by molar-refractivity contribution is -0.121. The van der Waals surface area contributed by atoms with Crippen LogP contribution in [0.1, 0.15) is 37.2 Å². The third-order valence-corrected chi connectivity index (χ3v) is 4.95. The quantitative estimate of drug-likeness (QED) is 0.643. The molecule has 5 nitrogen and oxygen atoms in total. The highest BCUT2D eigenvalue weighted by Gasteiger charge is 2.12. The molecule has 1 amide bonds. The summed E-state index contributed by atoms with van der Waals surface area (Å²) in [5.74, 6) is 0.594. The van der Waals surface area contributed by atoms with Crippen LogP contribution in [0, 0.1) is 0 Å². The van der Waals surface area contributed by atoms with Crippen molar-refractivity contribution in [1.82, 2.24) is 15.3 Å². The first-order valence-electron chi connectivity index (χ1n) is 8.56. The smallest absolute Gasteiger partial charge is 0.258 e. The molecule has 0 spiro atoms. The van der Waals surface area contributed by atoms with Gasteiger partial charge < -0.3 is 10.3 Å². The zero-order chi connectivity index (χ0) is 18.5. The molecule has 1 heterocycles. The minimum absolute atomic E-state index is 0.0172. The summed E-state index contributed by atoms with van der Waals surface area (Å²) in [6.07, 6.45) is 1.55. The standard InChI is InChI=1S/C20H20BrN3O2/c1-13(14-7-2-4-9-16(14)21)22-19(25)12-6-11-18-23-17-10-5-3-8-15(17)20(26)24-18/h2-5,7-10,13H,6,11-12H2,1H3,(H,22,25)(H,23,24,26). The molecule has 0 aliphatic heterocycles. The minimum Gasteiger partial charge on any atom is -0.350 e. The number of hydrogen-bond acceptors (Lipinski definition) is 3. The molecule has 0 saturated carbocycles. The van der Waals surface area contributed by atoms with Crippen molar-refractivity contribution in [3.8, 4) is 0 Å². The van der Waals surface area contributed by atoms with Crippen LogP contribution in [0.2, 0.25) is 0 Å². The number of amides is 1. The van der Waals surface area contributed by atoms with Crippen LogP contribution in [0.25, 0.3) is 10.9 Å². The molecule has 3 rings (SSSR count). The summed E-state index contributed by atoms with van der Waals surface area (Å²) in [7, 11) is 0. The Labute approximate surface area is 160 Å². The number of rotatable bonds is 6. The lowest BCUT2D eigenvalue weighted by Crippen LogP contribution is -2.26. The molecule has 1 atom stereocenters. The van der Waals surface area contributed by atoms with Crippen LogP contribution >= 0.6 is 15.9 Å². The Morgan fingerprint density at radius 2 is 1.92 bits per heavy atom. The van der Waals surface area contributed by atoms with Gasteiger partial charge in [-0.3, -0.25) is 9.59 Å². The maximum atomic E-state index is 12.2. The summed E-state index contributed by atoms with van der Waals surface area (Å²) in [5, 5.41) is 3.58. The van der Waals surface area contributed by atoms with Gasteiger partial charge in [0.15, 0.2) is 0 Å². The van der Waals surface area contributed by atoms with E-state index in [2.05, 4.69) is 31.2 Å². The van der Waals surface area contributed by atoms with Crippen molar-refractivity contribution in [3.63, 3.8) is 0 Å². The van der Waals surface area contributed by atoms with Crippen molar-refractivity contribution >= 4 is 32.7 Å². The number of aromatic amines is 1. The molecule has 0 radical (unpaired) electrons. The third-order valence-electron chi connectivity index (χ3n) is 4.23. The second-order valence-electron chi connectivity index (χ2n) is 6.19. The largest absolute Gasteiger partial charge is 0.350 e. The van der Waals surface area contributed by atoms with Gasteiger partial charge >= 0.3 is 0 Å². The highest BCUT2D eigenvalue weighted by molar-refractivity contribution is 9.10. The predicted molar refractivity (Wildman–Crippen MR) is 106 cm³/mol. The fourth-order valence-corrected chi connectivity index (χ4v) is 3.52. The molecule has 3 aromatic rings. The number of benzene rings is 2. The first-order chi connectivity index (χ1) is 12.5. The zero-order valence-corrected chi connectivity index (χ0v) is 16.0. The van der Waals surface area contributed by atoms with Gasteiger partial charge in [-0.25, -0.2) is 4.98 Å². The molecule has 1 aromatic heterocycles. The highest BCUT2D eigenvalue weighted by Crippen LogP contribution is 2.22. The van der Waals surface area contributed by atoms with Gasteiger partial charge in [0, 0.05) is 17.3 Å². The van der Waals surface area contributed by atoms with Crippen molar-refractivity contribution in [3.05, 3.63) is 74.7 Å². The van der Waals surface area contributed by atoms with Gasteiger partial charge in [-0.15, -0.1) is 0 Å². The number of halogens is 1. The first kappa shape index (κ1) is 18.3. The van der Waals surface area contributed by atoms with E-state index >= 15 is 0 Å². The van der Waals surface area contributed by atoms with Crippen LogP contribution in [-0.4, -0.2) is 15.9 Å². The van der Waals surface area contributed by atoms with E-state index in [0.717, 1.165) is 10.0 Å². The number of carbonyl (C=O) groups is 1. The van der Waals surface area contributed by atoms with E-state index in [4.69, 9.17) is 0 Å². The van der Waals surface area contributed by atoms with Crippen LogP contribution in [0.15, 0.2) is 57.8 Å². The van der Waals surface area contributed by atoms with Crippen LogP contribution in [0.3, 0.4) is 0 Å². The molecular formula is C20H20BrN3O2. The zero-order valence-electron chi connectivity index (χ0n) is 14.5. The molecule has 0 bridgehead atoms. The fourth-order valence-electron chi connectivity index (χ4n) is 2.89. The summed E-state index contributed by atoms with van der Waals surface area (Å²) in [6, 6.07) is 15.0. The maximum Gasteiger partial charge on any atom is 0.258 e. The van der Waals surface area contributed by atoms with Crippen LogP contribution in [0.4, 0.5) is 0 Å². The first-order valence-corrected chi connectivity index (χ1v) is 9.35. The number of hydrogen-bond donors (Lipinski definition) is 2. The average molecular weight is 414 g/mol. The summed E-state index contributed by atoms with van der Waals surface area (Å²) < 4.78 is 0.978. The molecule has 2 aromatic carbocycles. The minimum atomic E-state index is -0.141. The van der Waals surface area contributed by atoms with E-state index in [0.29, 0.717) is 36.0 Å². The van der Waals surface area contributed by atoms with Crippen molar-refractivity contribution in [2.75, 3.05) is 0 Å². The van der Waals surface area contributed by atoms with Crippen molar-refractivity contribution in [2.24, 2.45) is 0 Å². The Kier molecular flexibility index (Phi) is 5.83. The fraction of sp³-hybridized carbons (Fsp3) is 0.250. The lowest BCUT2D eigenvalue weighted by Gasteiger charge is -2.15. The van der Waals surface area contributed by atoms with Crippen molar-refractivity contribution in [1.29, 1.82) is 0 Å². The molecule has 0 fully saturated rings. The Morgan fingerprint density at radius 1 is 1.19 bits per heavy atom. The summed E-state index contributed by atoms with van der Waals surface area (Å²) in [4.78, 5) is 31.5. The maximum absolute atomic E-state index is 12.2. The SMILES string of the molecule is CC(NC(=O)CCCc1nc2ccccc2c(=O)[nH]1)c1ccccc1Br. The van der Waals surface area contributed by atoms with E-state index < -0.39 is 0 Å². The van der Waals surface area contributed by atoms with Gasteiger partial charge in [-0.05, 0) is 37.1 Å². The molecular weight excluding hydrogens is 394 g/mol. The van der Waals surface area contributed by atoms with Crippen molar-refractivity contribution in [2.45, 2.75) is 32.2 Å². The lowest BCUT2D eigenvalue weighted by atomic mass is 10.1. The normalized spacial score (nSPS) is 12.1. The van der Waals surface area contributed by atoms with Gasteiger partial charge in [0.1, 0.15) is 5.82 Å². The van der Waals surface area contributed by atoms with E-state index in [9.17, 15) is 9.59 Å². The van der Waals surface area contributed by atoms with Gasteiger partial charge in [-0.1, -0.05) is 46.3 Å². The molecule has 2 N–H and O–H groups in total. The second-order valence-corrected chi connectivity index (χ2v) is 7.05. The summed E-state index contributed by atoms with van der Waals surface area (Å²) in [6.45, 7) is 1.96. The summed E-state index contributed by atoms with van der Waals surface area (Å²) in [5.41, 5.74) is 1.58. The monoisotopic (exact) mass is 413 g/mol.